The summed E-state index contributed by atoms with van der Waals surface area (Å²) in [7, 11) is 0. The van der Waals surface area contributed by atoms with Crippen LogP contribution >= 0.6 is 0 Å². The van der Waals surface area contributed by atoms with Crippen LogP contribution in [0.4, 0.5) is 0 Å². The molecular weight excluding hydrogens is 430 g/mol. The topological polar surface area (TPSA) is 229 Å². The first-order valence-electron chi connectivity index (χ1n) is 5.53. The maximum Gasteiger partial charge on any atom is 2.00 e. The summed E-state index contributed by atoms with van der Waals surface area (Å²) in [5, 5.41) is 47.4. The van der Waals surface area contributed by atoms with E-state index in [1.165, 1.54) is 0 Å². The molecule has 12 nitrogen and oxygen atoms in total. The van der Waals surface area contributed by atoms with Gasteiger partial charge in [-0.05, 0) is 24.8 Å². The van der Waals surface area contributed by atoms with E-state index in [0.29, 0.717) is 0 Å². The Kier molecular flexibility index (Phi) is 82.6. The quantitative estimate of drug-likeness (QED) is 0.260. The van der Waals surface area contributed by atoms with E-state index in [2.05, 4.69) is 0 Å². The number of carboxylic acids is 6. The van der Waals surface area contributed by atoms with E-state index in [1.54, 1.807) is 0 Å². The van der Waals surface area contributed by atoms with E-state index in [-0.39, 0.29) is 30.4 Å². The maximum atomic E-state index is 9.00. The second-order valence-corrected chi connectivity index (χ2v) is 3.06. The third kappa shape index (κ3) is 1690. The van der Waals surface area contributed by atoms with Crippen molar-refractivity contribution < 1.29 is 78.9 Å². The van der Waals surface area contributed by atoms with E-state index < -0.39 is 35.8 Å². The van der Waals surface area contributed by atoms with Gasteiger partial charge in [0.25, 0.3) is 23.9 Å². The zero-order chi connectivity index (χ0) is 21.5. The van der Waals surface area contributed by atoms with Gasteiger partial charge in [0.1, 0.15) is 0 Å². The third-order valence-electron chi connectivity index (χ3n) is 0. The average molecular weight is 456 g/mol. The largest absolute Gasteiger partial charge is 2.00 e. The zero-order valence-electron chi connectivity index (χ0n) is 14.8. The van der Waals surface area contributed by atoms with E-state index in [9.17, 15) is 0 Å². The molecule has 0 aliphatic heterocycles. The molecule has 0 aliphatic rings. The first kappa shape index (κ1) is 49.5. The Morgan fingerprint density at radius 1 is 0.500 bits per heavy atom. The second-order valence-electron chi connectivity index (χ2n) is 3.06. The summed E-state index contributed by atoms with van der Waals surface area (Å²) in [6.45, 7) is 6.28. The Morgan fingerprint density at radius 2 is 0.500 bits per heavy atom. The number of carboxylic acid groups (broad SMARTS) is 6. The van der Waals surface area contributed by atoms with Gasteiger partial charge in [-0.25, -0.2) is 0 Å². The molecule has 26 heavy (non-hydrogen) atoms. The molecule has 0 saturated carbocycles. The fourth-order valence-corrected chi connectivity index (χ4v) is 0. The van der Waals surface area contributed by atoms with Crippen LogP contribution in [0.5, 0.6) is 0 Å². The molecule has 0 aliphatic carbocycles. The molecule has 0 heterocycles. The van der Waals surface area contributed by atoms with Gasteiger partial charge < -0.3 is 40.2 Å². The van der Waals surface area contributed by atoms with Crippen molar-refractivity contribution in [2.45, 2.75) is 41.5 Å². The van der Waals surface area contributed by atoms with E-state index in [1.807, 2.05) is 0 Å². The van der Waals surface area contributed by atoms with E-state index in [4.69, 9.17) is 59.4 Å². The van der Waals surface area contributed by atoms with Crippen molar-refractivity contribution >= 4 is 46.8 Å². The Morgan fingerprint density at radius 3 is 0.500 bits per heavy atom. The van der Waals surface area contributed by atoms with Crippen molar-refractivity contribution in [1.82, 2.24) is 0 Å². The van der Waals surface area contributed by atoms with E-state index >= 15 is 0 Å². The van der Waals surface area contributed by atoms with Crippen LogP contribution in [0.2, 0.25) is 0 Å². The van der Waals surface area contributed by atoms with E-state index in [0.717, 1.165) is 41.5 Å². The van der Waals surface area contributed by atoms with Gasteiger partial charge in [0.05, 0.1) is 0 Å². The molecule has 0 aromatic rings. The van der Waals surface area contributed by atoms with Crippen molar-refractivity contribution in [1.29, 1.82) is 0 Å². The molecule has 0 aromatic carbocycles. The molecule has 0 spiro atoms. The SMILES string of the molecule is CC(=O)O.CC(=O)O.CC(=O)O.CC(=O)O.CC(=O)[O-].CC(=O)[O-].[SiH4].[Zn+2]. The van der Waals surface area contributed by atoms with Gasteiger partial charge in [-0.15, -0.1) is 0 Å². The van der Waals surface area contributed by atoms with Gasteiger partial charge in [-0.2, -0.15) is 0 Å². The Hall–Kier alpha value is -2.34. The van der Waals surface area contributed by atoms with Crippen molar-refractivity contribution in [3.05, 3.63) is 0 Å². The van der Waals surface area contributed by atoms with Crippen LogP contribution in [0, 0.1) is 0 Å². The van der Waals surface area contributed by atoms with Crippen LogP contribution in [0.25, 0.3) is 0 Å². The summed E-state index contributed by atoms with van der Waals surface area (Å²) in [5.74, 6) is -5.50. The molecule has 4 N–H and O–H groups in total. The standard InChI is InChI=1S/6C2H4O2.H4Si.Zn/c6*1-2(3)4;;/h6*1H3,(H,3,4);1H4;/q;;;;;;;+2/p-2. The average Bonchev–Trinajstić information content (AvgIpc) is 2.08. The fraction of sp³-hybridized carbons (Fsp3) is 0.500. The molecule has 0 bridgehead atoms. The number of carbonyl (C=O) groups is 6. The minimum atomic E-state index is -1.08. The van der Waals surface area contributed by atoms with Gasteiger partial charge in [-0.1, -0.05) is 0 Å². The zero-order valence-corrected chi connectivity index (χ0v) is 17.7. The summed E-state index contributed by atoms with van der Waals surface area (Å²) in [6, 6.07) is 0. The van der Waals surface area contributed by atoms with Crippen LogP contribution in [-0.2, 0) is 48.2 Å². The van der Waals surface area contributed by atoms with Crippen molar-refractivity contribution in [2.24, 2.45) is 0 Å². The van der Waals surface area contributed by atoms with Crippen LogP contribution in [0.3, 0.4) is 0 Å². The molecule has 0 aromatic heterocycles. The minimum absolute atomic E-state index is 0. The smallest absolute Gasteiger partial charge is 0.550 e. The summed E-state index contributed by atoms with van der Waals surface area (Å²) in [4.78, 5) is 53.8. The molecule has 14 heteroatoms. The number of aliphatic carboxylic acids is 6. The fourth-order valence-electron chi connectivity index (χ4n) is 0. The van der Waals surface area contributed by atoms with Gasteiger partial charge in [-0.3, -0.25) is 19.2 Å². The number of hydrogen-bond acceptors (Lipinski definition) is 8. The van der Waals surface area contributed by atoms with Gasteiger partial charge in [0, 0.05) is 39.6 Å². The predicted molar refractivity (Wildman–Crippen MR) is 85.9 cm³/mol. The molecule has 0 saturated heterocycles. The van der Waals surface area contributed by atoms with Crippen molar-refractivity contribution in [2.75, 3.05) is 0 Å². The molecule has 0 fully saturated rings. The minimum Gasteiger partial charge on any atom is -0.550 e. The van der Waals surface area contributed by atoms with Crippen molar-refractivity contribution in [3.8, 4) is 0 Å². The number of hydrogen-bond donors (Lipinski definition) is 4. The molecule has 0 radical (unpaired) electrons. The monoisotopic (exact) mass is 454 g/mol. The van der Waals surface area contributed by atoms with Crippen LogP contribution in [-0.4, -0.2) is 67.2 Å². The van der Waals surface area contributed by atoms with Gasteiger partial charge in [0.2, 0.25) is 0 Å². The van der Waals surface area contributed by atoms with Crippen LogP contribution < -0.4 is 10.2 Å². The molecule has 0 amide bonds. The molecule has 0 atom stereocenters. The Balaban J connectivity index is -0.0000000245. The van der Waals surface area contributed by atoms with Gasteiger partial charge in [0.15, 0.2) is 0 Å². The first-order valence-corrected chi connectivity index (χ1v) is 5.53. The molecule has 0 rings (SSSR count). The van der Waals surface area contributed by atoms with Crippen LogP contribution in [0.1, 0.15) is 41.5 Å². The maximum absolute atomic E-state index is 9.00. The number of carbonyl (C=O) groups excluding carboxylic acids is 2. The first-order chi connectivity index (χ1) is 10.4. The van der Waals surface area contributed by atoms with Crippen molar-refractivity contribution in [3.63, 3.8) is 0 Å². The second kappa shape index (κ2) is 43.4. The summed E-state index contributed by atoms with van der Waals surface area (Å²) < 4.78 is 0. The number of rotatable bonds is 0. The third-order valence-corrected chi connectivity index (χ3v) is 0. The summed E-state index contributed by atoms with van der Waals surface area (Å²) >= 11 is 0. The predicted octanol–water partition coefficient (Wildman–Crippen LogP) is -3.58. The van der Waals surface area contributed by atoms with Crippen LogP contribution in [0.15, 0.2) is 0 Å². The molecule has 0 unspecified atom stereocenters. The Bertz CT molecular complexity index is 267. The molecular formula is C12H26O12SiZn. The summed E-state index contributed by atoms with van der Waals surface area (Å²) in [5.41, 5.74) is 0. The normalized spacial score (nSPS) is 5.77. The van der Waals surface area contributed by atoms with Gasteiger partial charge >= 0.3 is 19.5 Å². The molecule has 152 valence electrons. The summed E-state index contributed by atoms with van der Waals surface area (Å²) in [6.07, 6.45) is 0. The Labute approximate surface area is 167 Å².